The van der Waals surface area contributed by atoms with Crippen LogP contribution in [0.25, 0.3) is 11.3 Å². The van der Waals surface area contributed by atoms with Gasteiger partial charge in [0.2, 0.25) is 0 Å². The van der Waals surface area contributed by atoms with E-state index in [4.69, 9.17) is 0 Å². The first kappa shape index (κ1) is 20.8. The molecule has 33 heavy (non-hydrogen) atoms. The van der Waals surface area contributed by atoms with Crippen molar-refractivity contribution in [3.8, 4) is 17.3 Å². The summed E-state index contributed by atoms with van der Waals surface area (Å²) in [5.74, 6) is 0. The molecule has 4 nitrogen and oxygen atoms in total. The summed E-state index contributed by atoms with van der Waals surface area (Å²) in [4.78, 5) is 0. The number of aromatic amines is 1. The number of aromatic nitrogens is 3. The van der Waals surface area contributed by atoms with E-state index in [1.165, 1.54) is 21.5 Å². The molecule has 0 radical (unpaired) electrons. The van der Waals surface area contributed by atoms with Gasteiger partial charge in [-0.25, -0.2) is 0 Å². The number of nitriles is 1. The minimum atomic E-state index is -1.95. The van der Waals surface area contributed by atoms with Gasteiger partial charge in [-0.15, -0.1) is 5.10 Å². The quantitative estimate of drug-likeness (QED) is 0.381. The Kier molecular flexibility index (Phi) is 5.81. The van der Waals surface area contributed by atoms with Crippen molar-refractivity contribution < 1.29 is 0 Å². The van der Waals surface area contributed by atoms with Crippen LogP contribution in [0.5, 0.6) is 0 Å². The van der Waals surface area contributed by atoms with E-state index in [9.17, 15) is 5.26 Å². The molecule has 1 aromatic heterocycles. The Balaban J connectivity index is 1.65. The predicted molar refractivity (Wildman–Crippen MR) is 135 cm³/mol. The zero-order valence-corrected chi connectivity index (χ0v) is 18.9. The van der Waals surface area contributed by atoms with Gasteiger partial charge in [0.05, 0.1) is 6.16 Å². The Morgan fingerprint density at radius 3 is 1.58 bits per heavy atom. The molecule has 0 amide bonds. The maximum atomic E-state index is 9.29. The van der Waals surface area contributed by atoms with E-state index in [-0.39, 0.29) is 0 Å². The van der Waals surface area contributed by atoms with Gasteiger partial charge in [0.1, 0.15) is 34.9 Å². The normalized spacial score (nSPS) is 11.1. The lowest BCUT2D eigenvalue weighted by Crippen LogP contribution is -2.32. The van der Waals surface area contributed by atoms with Crippen LogP contribution in [0.15, 0.2) is 115 Å². The molecule has 0 bridgehead atoms. The zero-order valence-electron chi connectivity index (χ0n) is 18.0. The molecule has 5 aromatic rings. The predicted octanol–water partition coefficient (Wildman–Crippen LogP) is 4.84. The average Bonchev–Trinajstić information content (AvgIpc) is 3.38. The van der Waals surface area contributed by atoms with Crippen molar-refractivity contribution in [2.45, 2.75) is 6.16 Å². The molecule has 0 spiro atoms. The average molecular weight is 445 g/mol. The molecule has 5 heteroatoms. The third kappa shape index (κ3) is 3.96. The fourth-order valence-corrected chi connectivity index (χ4v) is 8.56. The molecule has 0 aliphatic heterocycles. The Hall–Kier alpha value is -4.06. The first-order valence-corrected chi connectivity index (χ1v) is 12.7. The van der Waals surface area contributed by atoms with Gasteiger partial charge in [-0.1, -0.05) is 78.9 Å². The van der Waals surface area contributed by atoms with Crippen LogP contribution in [0.4, 0.5) is 0 Å². The van der Waals surface area contributed by atoms with E-state index < -0.39 is 7.26 Å². The number of rotatable bonds is 6. The summed E-state index contributed by atoms with van der Waals surface area (Å²) in [7, 11) is -1.95. The number of nitrogens with zero attached hydrogens (tertiary/aromatic N) is 3. The highest BCUT2D eigenvalue weighted by molar-refractivity contribution is 7.95. The van der Waals surface area contributed by atoms with Gasteiger partial charge >= 0.3 is 0 Å². The second-order valence-electron chi connectivity index (χ2n) is 7.80. The van der Waals surface area contributed by atoms with Gasteiger partial charge in [0.25, 0.3) is 0 Å². The van der Waals surface area contributed by atoms with Crippen LogP contribution in [-0.2, 0) is 6.16 Å². The highest BCUT2D eigenvalue weighted by Crippen LogP contribution is 2.58. The minimum Gasteiger partial charge on any atom is -0.196 e. The molecule has 0 unspecified atom stereocenters. The fraction of sp³-hybridized carbons (Fsp3) is 0.0357. The smallest absolute Gasteiger partial charge is 0.190 e. The van der Waals surface area contributed by atoms with Crippen molar-refractivity contribution in [1.29, 1.82) is 5.26 Å². The van der Waals surface area contributed by atoms with Gasteiger partial charge in [0.15, 0.2) is 5.69 Å². The molecule has 0 atom stereocenters. The summed E-state index contributed by atoms with van der Waals surface area (Å²) in [5, 5.41) is 24.0. The molecule has 0 saturated carbocycles. The maximum absolute atomic E-state index is 9.29. The minimum absolute atomic E-state index is 0.308. The van der Waals surface area contributed by atoms with Crippen LogP contribution >= 0.6 is 7.26 Å². The molecule has 0 saturated heterocycles. The maximum Gasteiger partial charge on any atom is 0.190 e. The van der Waals surface area contributed by atoms with Gasteiger partial charge in [-0.2, -0.15) is 15.6 Å². The summed E-state index contributed by atoms with van der Waals surface area (Å²) >= 11 is 0. The van der Waals surface area contributed by atoms with Crippen molar-refractivity contribution in [3.63, 3.8) is 0 Å². The Morgan fingerprint density at radius 1 is 0.636 bits per heavy atom. The summed E-state index contributed by atoms with van der Waals surface area (Å²) in [6, 6.07) is 43.0. The monoisotopic (exact) mass is 445 g/mol. The number of hydrogen-bond donors (Lipinski definition) is 1. The van der Waals surface area contributed by atoms with Crippen LogP contribution in [0.3, 0.4) is 0 Å². The van der Waals surface area contributed by atoms with Crippen molar-refractivity contribution in [3.05, 3.63) is 127 Å². The molecule has 0 aliphatic rings. The molecule has 5 rings (SSSR count). The molecule has 0 fully saturated rings. The van der Waals surface area contributed by atoms with Crippen LogP contribution < -0.4 is 15.9 Å². The third-order valence-corrected chi connectivity index (χ3v) is 10.3. The van der Waals surface area contributed by atoms with E-state index >= 15 is 0 Å². The first-order chi connectivity index (χ1) is 16.3. The largest absolute Gasteiger partial charge is 0.196 e. The topological polar surface area (TPSA) is 65.4 Å². The lowest BCUT2D eigenvalue weighted by atomic mass is 10.1. The van der Waals surface area contributed by atoms with Crippen molar-refractivity contribution in [2.24, 2.45) is 0 Å². The van der Waals surface area contributed by atoms with E-state index in [1.54, 1.807) is 0 Å². The molecular weight excluding hydrogens is 423 g/mol. The highest BCUT2D eigenvalue weighted by atomic mass is 31.2. The Labute approximate surface area is 193 Å². The number of nitrogens with one attached hydrogen (secondary N) is 1. The summed E-state index contributed by atoms with van der Waals surface area (Å²) < 4.78 is 0. The summed E-state index contributed by atoms with van der Waals surface area (Å²) in [5.41, 5.74) is 3.01. The second kappa shape index (κ2) is 9.20. The highest BCUT2D eigenvalue weighted by Gasteiger charge is 2.45. The van der Waals surface area contributed by atoms with Crippen molar-refractivity contribution in [1.82, 2.24) is 15.4 Å². The van der Waals surface area contributed by atoms with E-state index in [0.717, 1.165) is 11.7 Å². The molecule has 1 heterocycles. The van der Waals surface area contributed by atoms with Gasteiger partial charge in [-0.3, -0.25) is 0 Å². The van der Waals surface area contributed by atoms with Crippen molar-refractivity contribution in [2.75, 3.05) is 0 Å². The lowest BCUT2D eigenvalue weighted by molar-refractivity contribution is 0.937. The van der Waals surface area contributed by atoms with Crippen LogP contribution in [0, 0.1) is 11.3 Å². The number of benzene rings is 4. The molecular formula is C28H22N4P+. The SMILES string of the molecule is N#Cc1n[nH]nc1-c1ccc(C[P+](c2ccccc2)(c2ccccc2)c2ccccc2)cc1. The van der Waals surface area contributed by atoms with E-state index in [1.807, 2.05) is 12.1 Å². The van der Waals surface area contributed by atoms with Gasteiger partial charge in [-0.05, 0) is 42.0 Å². The van der Waals surface area contributed by atoms with E-state index in [0.29, 0.717) is 11.4 Å². The third-order valence-electron chi connectivity index (χ3n) is 5.89. The summed E-state index contributed by atoms with van der Waals surface area (Å²) in [6.07, 6.45) is 0.898. The van der Waals surface area contributed by atoms with E-state index in [2.05, 4.69) is 125 Å². The van der Waals surface area contributed by atoms with Crippen molar-refractivity contribution >= 4 is 23.2 Å². The van der Waals surface area contributed by atoms with Crippen LogP contribution in [0.2, 0.25) is 0 Å². The molecule has 158 valence electrons. The van der Waals surface area contributed by atoms with Gasteiger partial charge < -0.3 is 0 Å². The Bertz CT molecular complexity index is 1280. The summed E-state index contributed by atoms with van der Waals surface area (Å²) in [6.45, 7) is 0. The lowest BCUT2D eigenvalue weighted by Gasteiger charge is -2.28. The van der Waals surface area contributed by atoms with Crippen LogP contribution in [0.1, 0.15) is 11.3 Å². The standard InChI is InChI=1S/C28H22N4P/c29-20-27-28(31-32-30-27)23-18-16-22(17-19-23)21-33(24-10-4-1-5-11-24,25-12-6-2-7-13-25)26-14-8-3-9-15-26/h1-19H,21H2,(H,30,31,32)/q+1. The first-order valence-electron chi connectivity index (χ1n) is 10.8. The van der Waals surface area contributed by atoms with Crippen LogP contribution in [-0.4, -0.2) is 15.4 Å². The number of H-pyrrole nitrogens is 1. The molecule has 1 N–H and O–H groups in total. The fourth-order valence-electron chi connectivity index (χ4n) is 4.32. The Morgan fingerprint density at radius 2 is 1.12 bits per heavy atom. The zero-order chi connectivity index (χ0) is 22.5. The molecule has 0 aliphatic carbocycles. The van der Waals surface area contributed by atoms with Gasteiger partial charge in [0, 0.05) is 5.56 Å². The number of hydrogen-bond acceptors (Lipinski definition) is 3. The molecule has 4 aromatic carbocycles. The second-order valence-corrected chi connectivity index (χ2v) is 11.3.